The third-order valence-corrected chi connectivity index (χ3v) is 3.74. The number of rotatable bonds is 2. The number of hydrogen-bond donors (Lipinski definition) is 1. The van der Waals surface area contributed by atoms with E-state index in [0.717, 1.165) is 43.5 Å². The highest BCUT2D eigenvalue weighted by Gasteiger charge is 2.17. The predicted molar refractivity (Wildman–Crippen MR) is 81.1 cm³/mol. The van der Waals surface area contributed by atoms with Gasteiger partial charge in [0.25, 0.3) is 0 Å². The Bertz CT molecular complexity index is 411. The molecule has 0 amide bonds. The van der Waals surface area contributed by atoms with Crippen LogP contribution in [0.15, 0.2) is 24.3 Å². The normalized spacial score (nSPS) is 16.7. The van der Waals surface area contributed by atoms with E-state index < -0.39 is 0 Å². The fourth-order valence-electron chi connectivity index (χ4n) is 2.19. The molecule has 0 bridgehead atoms. The van der Waals surface area contributed by atoms with Crippen LogP contribution in [0, 0.1) is 6.92 Å². The van der Waals surface area contributed by atoms with Crippen molar-refractivity contribution >= 4 is 23.0 Å². The summed E-state index contributed by atoms with van der Waals surface area (Å²) in [4.78, 5) is 4.70. The summed E-state index contributed by atoms with van der Waals surface area (Å²) in [5.41, 5.74) is 2.33. The Balaban J connectivity index is 1.89. The van der Waals surface area contributed by atoms with Gasteiger partial charge in [-0.1, -0.05) is 19.1 Å². The molecule has 1 aromatic rings. The fourth-order valence-corrected chi connectivity index (χ4v) is 2.49. The quantitative estimate of drug-likeness (QED) is 0.825. The van der Waals surface area contributed by atoms with E-state index in [-0.39, 0.29) is 0 Å². The zero-order valence-corrected chi connectivity index (χ0v) is 12.0. The molecule has 0 aliphatic carbocycles. The molecule has 2 rings (SSSR count). The molecule has 0 saturated carbocycles. The number of benzene rings is 1. The third-order valence-electron chi connectivity index (χ3n) is 3.38. The monoisotopic (exact) mass is 263 g/mol. The Labute approximate surface area is 115 Å². The summed E-state index contributed by atoms with van der Waals surface area (Å²) in [6.45, 7) is 9.67. The first kappa shape index (κ1) is 13.3. The molecule has 1 N–H and O–H groups in total. The first-order valence-corrected chi connectivity index (χ1v) is 6.95. The number of anilines is 1. The number of nitrogens with one attached hydrogen (secondary N) is 1. The van der Waals surface area contributed by atoms with E-state index in [4.69, 9.17) is 12.2 Å². The molecule has 0 radical (unpaired) electrons. The summed E-state index contributed by atoms with van der Waals surface area (Å²) in [6.07, 6.45) is 0. The predicted octanol–water partition coefficient (Wildman–Crippen LogP) is 2.33. The summed E-state index contributed by atoms with van der Waals surface area (Å²) in [6, 6.07) is 8.32. The lowest BCUT2D eigenvalue weighted by Crippen LogP contribution is -2.49. The summed E-state index contributed by atoms with van der Waals surface area (Å²) < 4.78 is 0. The summed E-state index contributed by atoms with van der Waals surface area (Å²) in [5.74, 6) is 0. The van der Waals surface area contributed by atoms with Gasteiger partial charge in [0.05, 0.1) is 0 Å². The van der Waals surface area contributed by atoms with Crippen LogP contribution in [0.25, 0.3) is 0 Å². The van der Waals surface area contributed by atoms with Gasteiger partial charge < -0.3 is 15.1 Å². The second-order valence-electron chi connectivity index (χ2n) is 4.72. The fraction of sp³-hybridized carbons (Fsp3) is 0.500. The average molecular weight is 263 g/mol. The van der Waals surface area contributed by atoms with Crippen LogP contribution in [0.1, 0.15) is 12.5 Å². The molecular formula is C14H21N3S. The molecule has 3 nitrogen and oxygen atoms in total. The van der Waals surface area contributed by atoms with Crippen LogP contribution in [-0.4, -0.2) is 47.6 Å². The average Bonchev–Trinajstić information content (AvgIpc) is 2.39. The second kappa shape index (κ2) is 6.16. The van der Waals surface area contributed by atoms with Crippen LogP contribution in [0.3, 0.4) is 0 Å². The number of likely N-dealkylation sites (N-methyl/N-ethyl adjacent to an activating group) is 1. The number of aryl methyl sites for hydroxylation is 1. The van der Waals surface area contributed by atoms with Crippen LogP contribution in [0.4, 0.5) is 5.69 Å². The van der Waals surface area contributed by atoms with Crippen molar-refractivity contribution in [3.05, 3.63) is 29.8 Å². The molecule has 0 spiro atoms. The van der Waals surface area contributed by atoms with E-state index in [1.54, 1.807) is 0 Å². The smallest absolute Gasteiger partial charge is 0.173 e. The standard InChI is InChI=1S/C14H21N3S/c1-3-16-7-9-17(10-8-16)14(18)15-13-6-4-5-12(2)11-13/h4-6,11H,3,7-10H2,1-2H3,(H,15,18). The Hall–Kier alpha value is -1.13. The van der Waals surface area contributed by atoms with Gasteiger partial charge in [-0.2, -0.15) is 0 Å². The van der Waals surface area contributed by atoms with Gasteiger partial charge in [0.2, 0.25) is 0 Å². The second-order valence-corrected chi connectivity index (χ2v) is 5.11. The van der Waals surface area contributed by atoms with Crippen molar-refractivity contribution in [2.24, 2.45) is 0 Å². The van der Waals surface area contributed by atoms with Gasteiger partial charge in [-0.25, -0.2) is 0 Å². The number of piperazine rings is 1. The van der Waals surface area contributed by atoms with E-state index in [1.807, 2.05) is 0 Å². The molecule has 1 aliphatic heterocycles. The van der Waals surface area contributed by atoms with Crippen molar-refractivity contribution in [1.29, 1.82) is 0 Å². The van der Waals surface area contributed by atoms with Crippen molar-refractivity contribution in [2.75, 3.05) is 38.0 Å². The summed E-state index contributed by atoms with van der Waals surface area (Å²) >= 11 is 5.47. The van der Waals surface area contributed by atoms with Crippen molar-refractivity contribution in [1.82, 2.24) is 9.80 Å². The van der Waals surface area contributed by atoms with Crippen LogP contribution in [0.2, 0.25) is 0 Å². The molecule has 1 heterocycles. The molecule has 1 aromatic carbocycles. The molecule has 1 fully saturated rings. The minimum atomic E-state index is 0.844. The molecular weight excluding hydrogens is 242 g/mol. The molecule has 0 aromatic heterocycles. The van der Waals surface area contributed by atoms with Crippen molar-refractivity contribution in [2.45, 2.75) is 13.8 Å². The molecule has 18 heavy (non-hydrogen) atoms. The third kappa shape index (κ3) is 3.43. The molecule has 0 unspecified atom stereocenters. The maximum atomic E-state index is 5.47. The van der Waals surface area contributed by atoms with Crippen molar-refractivity contribution in [3.8, 4) is 0 Å². The molecule has 4 heteroatoms. The van der Waals surface area contributed by atoms with E-state index in [9.17, 15) is 0 Å². The van der Waals surface area contributed by atoms with Crippen molar-refractivity contribution in [3.63, 3.8) is 0 Å². The van der Waals surface area contributed by atoms with E-state index >= 15 is 0 Å². The van der Waals surface area contributed by atoms with E-state index in [1.165, 1.54) is 5.56 Å². The van der Waals surface area contributed by atoms with Gasteiger partial charge in [0.1, 0.15) is 0 Å². The molecule has 1 aliphatic rings. The Morgan fingerprint density at radius 2 is 2.00 bits per heavy atom. The highest BCUT2D eigenvalue weighted by Crippen LogP contribution is 2.11. The Kier molecular flexibility index (Phi) is 4.55. The maximum Gasteiger partial charge on any atom is 0.173 e. The minimum Gasteiger partial charge on any atom is -0.346 e. The Morgan fingerprint density at radius 1 is 1.28 bits per heavy atom. The molecule has 98 valence electrons. The van der Waals surface area contributed by atoms with Gasteiger partial charge in [-0.3, -0.25) is 0 Å². The molecule has 0 atom stereocenters. The first-order chi connectivity index (χ1) is 8.69. The lowest BCUT2D eigenvalue weighted by Gasteiger charge is -2.35. The zero-order chi connectivity index (χ0) is 13.0. The lowest BCUT2D eigenvalue weighted by atomic mass is 10.2. The highest BCUT2D eigenvalue weighted by molar-refractivity contribution is 7.80. The molecule has 1 saturated heterocycles. The van der Waals surface area contributed by atoms with Gasteiger partial charge >= 0.3 is 0 Å². The first-order valence-electron chi connectivity index (χ1n) is 6.54. The SMILES string of the molecule is CCN1CCN(C(=S)Nc2cccc(C)c2)CC1. The minimum absolute atomic E-state index is 0.844. The van der Waals surface area contributed by atoms with Crippen LogP contribution in [0.5, 0.6) is 0 Å². The topological polar surface area (TPSA) is 18.5 Å². The zero-order valence-electron chi connectivity index (χ0n) is 11.1. The van der Waals surface area contributed by atoms with Crippen LogP contribution >= 0.6 is 12.2 Å². The maximum absolute atomic E-state index is 5.47. The Morgan fingerprint density at radius 3 is 2.61 bits per heavy atom. The van der Waals surface area contributed by atoms with Crippen molar-refractivity contribution < 1.29 is 0 Å². The van der Waals surface area contributed by atoms with Gasteiger partial charge in [-0.05, 0) is 43.4 Å². The van der Waals surface area contributed by atoms with Gasteiger partial charge in [-0.15, -0.1) is 0 Å². The number of hydrogen-bond acceptors (Lipinski definition) is 2. The number of nitrogens with zero attached hydrogens (tertiary/aromatic N) is 2. The number of thiocarbonyl (C=S) groups is 1. The van der Waals surface area contributed by atoms with E-state index in [0.29, 0.717) is 0 Å². The largest absolute Gasteiger partial charge is 0.346 e. The summed E-state index contributed by atoms with van der Waals surface area (Å²) in [7, 11) is 0. The van der Waals surface area contributed by atoms with Crippen LogP contribution in [-0.2, 0) is 0 Å². The van der Waals surface area contributed by atoms with Crippen LogP contribution < -0.4 is 5.32 Å². The summed E-state index contributed by atoms with van der Waals surface area (Å²) in [5, 5.41) is 4.17. The van der Waals surface area contributed by atoms with Gasteiger partial charge in [0, 0.05) is 31.9 Å². The van der Waals surface area contributed by atoms with Gasteiger partial charge in [0.15, 0.2) is 5.11 Å². The van der Waals surface area contributed by atoms with E-state index in [2.05, 4.69) is 53.2 Å². The highest BCUT2D eigenvalue weighted by atomic mass is 32.1. The lowest BCUT2D eigenvalue weighted by molar-refractivity contribution is 0.191.